The van der Waals surface area contributed by atoms with E-state index < -0.39 is 17.4 Å². The molecule has 4 N–H and O–H groups in total. The molecule has 0 saturated heterocycles. The molecule has 0 spiro atoms. The van der Waals surface area contributed by atoms with Gasteiger partial charge in [0.15, 0.2) is 5.38 Å². The number of alkyl halides is 1. The average Bonchev–Trinajstić information content (AvgIpc) is 2.55. The maximum atomic E-state index is 11.3. The Labute approximate surface area is 141 Å². The van der Waals surface area contributed by atoms with Crippen molar-refractivity contribution in [2.45, 2.75) is 31.7 Å². The van der Waals surface area contributed by atoms with Crippen LogP contribution in [0.25, 0.3) is 0 Å². The number of primary amides is 1. The van der Waals surface area contributed by atoms with Gasteiger partial charge in [-0.15, -0.1) is 11.6 Å². The Morgan fingerprint density at radius 1 is 1.43 bits per heavy atom. The lowest BCUT2D eigenvalue weighted by Crippen LogP contribution is -2.33. The van der Waals surface area contributed by atoms with Crippen molar-refractivity contribution in [3.63, 3.8) is 0 Å². The molecule has 0 aromatic heterocycles. The van der Waals surface area contributed by atoms with Crippen molar-refractivity contribution in [3.8, 4) is 11.8 Å². The van der Waals surface area contributed by atoms with E-state index in [4.69, 9.17) is 33.1 Å². The van der Waals surface area contributed by atoms with Crippen LogP contribution in [0.1, 0.15) is 30.6 Å². The summed E-state index contributed by atoms with van der Waals surface area (Å²) in [5.74, 6) is -0.260. The largest absolute Gasteiger partial charge is 0.486 e. The van der Waals surface area contributed by atoms with Crippen LogP contribution in [0.5, 0.6) is 5.75 Å². The second kappa shape index (κ2) is 9.23. The lowest BCUT2D eigenvalue weighted by atomic mass is 10.1. The predicted octanol–water partition coefficient (Wildman–Crippen LogP) is 1.98. The molecule has 2 atom stereocenters. The van der Waals surface area contributed by atoms with Crippen molar-refractivity contribution in [3.05, 3.63) is 23.8 Å². The van der Waals surface area contributed by atoms with Crippen molar-refractivity contribution in [2.75, 3.05) is 25.4 Å². The number of anilines is 1. The smallest absolute Gasteiger partial charge is 0.248 e. The van der Waals surface area contributed by atoms with Gasteiger partial charge in [-0.1, -0.05) is 13.8 Å². The second-order valence-electron chi connectivity index (χ2n) is 5.12. The Hall–Kier alpha value is -1.97. The number of hydrogen-bond donors (Lipinski definition) is 2. The van der Waals surface area contributed by atoms with Gasteiger partial charge in [-0.2, -0.15) is 5.26 Å². The van der Waals surface area contributed by atoms with Gasteiger partial charge in [-0.3, -0.25) is 4.79 Å². The molecule has 0 aliphatic carbocycles. The molecule has 0 radical (unpaired) electrons. The molecule has 1 rings (SSSR count). The van der Waals surface area contributed by atoms with Gasteiger partial charge in [0.05, 0.1) is 11.8 Å². The molecule has 1 aromatic carbocycles. The lowest BCUT2D eigenvalue weighted by molar-refractivity contribution is 0.0999. The topological polar surface area (TPSA) is 105 Å². The van der Waals surface area contributed by atoms with Gasteiger partial charge in [0.25, 0.3) is 0 Å². The zero-order chi connectivity index (χ0) is 17.4. The van der Waals surface area contributed by atoms with Gasteiger partial charge in [0.2, 0.25) is 5.91 Å². The van der Waals surface area contributed by atoms with E-state index in [0.29, 0.717) is 23.4 Å². The van der Waals surface area contributed by atoms with Gasteiger partial charge in [0.1, 0.15) is 11.9 Å². The van der Waals surface area contributed by atoms with Crippen molar-refractivity contribution >= 4 is 23.2 Å². The SMILES string of the molecule is CCN(CC)CCC(Oc1cc(C(N)=O)ccc1N)C(Cl)C#N. The van der Waals surface area contributed by atoms with E-state index in [9.17, 15) is 4.79 Å². The number of nitrogens with zero attached hydrogens (tertiary/aromatic N) is 2. The number of benzene rings is 1. The van der Waals surface area contributed by atoms with Crippen LogP contribution in [-0.2, 0) is 0 Å². The number of amides is 1. The quantitative estimate of drug-likeness (QED) is 0.529. The van der Waals surface area contributed by atoms with Gasteiger partial charge in [-0.25, -0.2) is 0 Å². The van der Waals surface area contributed by atoms with Crippen molar-refractivity contribution < 1.29 is 9.53 Å². The third kappa shape index (κ3) is 5.62. The van der Waals surface area contributed by atoms with E-state index >= 15 is 0 Å². The average molecular weight is 339 g/mol. The monoisotopic (exact) mass is 338 g/mol. The molecule has 0 heterocycles. The number of carbonyl (C=O) groups excluding carboxylic acids is 1. The Balaban J connectivity index is 2.91. The summed E-state index contributed by atoms with van der Waals surface area (Å²) in [6, 6.07) is 6.54. The number of hydrogen-bond acceptors (Lipinski definition) is 5. The van der Waals surface area contributed by atoms with Crippen molar-refractivity contribution in [1.82, 2.24) is 4.90 Å². The molecule has 2 unspecified atom stereocenters. The number of ether oxygens (including phenoxy) is 1. The molecule has 0 bridgehead atoms. The lowest BCUT2D eigenvalue weighted by Gasteiger charge is -2.25. The molecule has 23 heavy (non-hydrogen) atoms. The van der Waals surface area contributed by atoms with Crippen molar-refractivity contribution in [2.24, 2.45) is 5.73 Å². The zero-order valence-corrected chi connectivity index (χ0v) is 14.2. The molecule has 1 amide bonds. The number of carbonyl (C=O) groups is 1. The van der Waals surface area contributed by atoms with Crippen LogP contribution >= 0.6 is 11.6 Å². The Morgan fingerprint density at radius 2 is 2.09 bits per heavy atom. The van der Waals surface area contributed by atoms with E-state index in [0.717, 1.165) is 19.6 Å². The number of nitrogen functional groups attached to an aromatic ring is 1. The highest BCUT2D eigenvalue weighted by Crippen LogP contribution is 2.26. The molecular weight excluding hydrogens is 316 g/mol. The minimum atomic E-state index is -0.817. The van der Waals surface area contributed by atoms with Crippen LogP contribution in [-0.4, -0.2) is 41.9 Å². The van der Waals surface area contributed by atoms with Gasteiger partial charge in [-0.05, 0) is 37.7 Å². The number of nitrogens with two attached hydrogens (primary N) is 2. The van der Waals surface area contributed by atoms with Gasteiger partial charge in [0, 0.05) is 12.1 Å². The van der Waals surface area contributed by atoms with Crippen LogP contribution in [0.4, 0.5) is 5.69 Å². The summed E-state index contributed by atoms with van der Waals surface area (Å²) < 4.78 is 5.81. The fourth-order valence-corrected chi connectivity index (χ4v) is 2.33. The molecule has 0 aliphatic heterocycles. The number of halogens is 1. The summed E-state index contributed by atoms with van der Waals surface area (Å²) in [5.41, 5.74) is 11.8. The van der Waals surface area contributed by atoms with Crippen LogP contribution in [0.15, 0.2) is 18.2 Å². The summed E-state index contributed by atoms with van der Waals surface area (Å²) in [7, 11) is 0. The third-order valence-corrected chi connectivity index (χ3v) is 4.03. The summed E-state index contributed by atoms with van der Waals surface area (Å²) in [5, 5.41) is 8.28. The fourth-order valence-electron chi connectivity index (χ4n) is 2.15. The highest BCUT2D eigenvalue weighted by atomic mass is 35.5. The Bertz CT molecular complexity index is 570. The van der Waals surface area contributed by atoms with Crippen LogP contribution in [0.2, 0.25) is 0 Å². The summed E-state index contributed by atoms with van der Waals surface area (Å²) >= 11 is 6.07. The van der Waals surface area contributed by atoms with E-state index in [1.807, 2.05) is 6.07 Å². The molecule has 126 valence electrons. The van der Waals surface area contributed by atoms with Crippen LogP contribution < -0.4 is 16.2 Å². The highest BCUT2D eigenvalue weighted by molar-refractivity contribution is 6.22. The fraction of sp³-hybridized carbons (Fsp3) is 0.500. The molecule has 0 fully saturated rings. The van der Waals surface area contributed by atoms with E-state index in [2.05, 4.69) is 18.7 Å². The Morgan fingerprint density at radius 3 is 2.61 bits per heavy atom. The zero-order valence-electron chi connectivity index (χ0n) is 13.5. The maximum Gasteiger partial charge on any atom is 0.248 e. The molecular formula is C16H23ClN4O2. The van der Waals surface area contributed by atoms with Crippen molar-refractivity contribution in [1.29, 1.82) is 5.26 Å². The van der Waals surface area contributed by atoms with Gasteiger partial charge >= 0.3 is 0 Å². The second-order valence-corrected chi connectivity index (χ2v) is 5.59. The Kier molecular flexibility index (Phi) is 7.66. The standard InChI is InChI=1S/C16H23ClN4O2/c1-3-21(4-2)8-7-14(12(17)10-18)23-15-9-11(16(20)22)5-6-13(15)19/h5-6,9,12,14H,3-4,7-8,19H2,1-2H3,(H2,20,22). The molecule has 0 saturated carbocycles. The van der Waals surface area contributed by atoms with Crippen LogP contribution in [0, 0.1) is 11.3 Å². The first-order chi connectivity index (χ1) is 10.9. The molecule has 6 nitrogen and oxygen atoms in total. The molecule has 1 aromatic rings. The predicted molar refractivity (Wildman–Crippen MR) is 91.4 cm³/mol. The van der Waals surface area contributed by atoms with Crippen LogP contribution in [0.3, 0.4) is 0 Å². The first kappa shape index (κ1) is 19.1. The summed E-state index contributed by atoms with van der Waals surface area (Å²) in [4.78, 5) is 13.5. The minimum absolute atomic E-state index is 0.291. The minimum Gasteiger partial charge on any atom is -0.486 e. The van der Waals surface area contributed by atoms with E-state index in [1.54, 1.807) is 6.07 Å². The normalized spacial score (nSPS) is 13.3. The third-order valence-electron chi connectivity index (χ3n) is 3.65. The molecule has 0 aliphatic rings. The highest BCUT2D eigenvalue weighted by Gasteiger charge is 2.23. The number of rotatable bonds is 9. The van der Waals surface area contributed by atoms with E-state index in [1.165, 1.54) is 12.1 Å². The number of nitriles is 1. The first-order valence-electron chi connectivity index (χ1n) is 7.54. The summed E-state index contributed by atoms with van der Waals surface area (Å²) in [6.45, 7) is 6.69. The first-order valence-corrected chi connectivity index (χ1v) is 7.98. The van der Waals surface area contributed by atoms with E-state index in [-0.39, 0.29) is 0 Å². The maximum absolute atomic E-state index is 11.3. The summed E-state index contributed by atoms with van der Waals surface area (Å²) in [6.07, 6.45) is 0.0385. The molecule has 7 heteroatoms. The van der Waals surface area contributed by atoms with Gasteiger partial charge < -0.3 is 21.1 Å².